The molecule has 37 heavy (non-hydrogen) atoms. The van der Waals surface area contributed by atoms with Crippen molar-refractivity contribution in [2.75, 3.05) is 10.8 Å². The molecular formula is C28H24FN3O4S. The second-order valence-corrected chi connectivity index (χ2v) is 9.74. The van der Waals surface area contributed by atoms with Gasteiger partial charge in [-0.2, -0.15) is 5.10 Å². The Kier molecular flexibility index (Phi) is 8.27. The van der Waals surface area contributed by atoms with Crippen molar-refractivity contribution in [3.05, 3.63) is 126 Å². The van der Waals surface area contributed by atoms with Crippen LogP contribution in [0.3, 0.4) is 0 Å². The maximum absolute atomic E-state index is 14.6. The highest BCUT2D eigenvalue weighted by atomic mass is 32.2. The fraction of sp³-hybridized carbons (Fsp3) is 0.0714. The molecule has 0 fully saturated rings. The van der Waals surface area contributed by atoms with Crippen LogP contribution in [0.25, 0.3) is 0 Å². The summed E-state index contributed by atoms with van der Waals surface area (Å²) in [7, 11) is -4.23. The summed E-state index contributed by atoms with van der Waals surface area (Å²) in [6.45, 7) is -0.325. The molecule has 0 heterocycles. The van der Waals surface area contributed by atoms with Crippen LogP contribution < -0.4 is 14.5 Å². The first-order chi connectivity index (χ1) is 17.9. The maximum Gasteiger partial charge on any atom is 0.264 e. The fourth-order valence-electron chi connectivity index (χ4n) is 3.47. The van der Waals surface area contributed by atoms with Gasteiger partial charge in [-0.15, -0.1) is 0 Å². The molecule has 0 aliphatic heterocycles. The molecule has 4 aromatic rings. The molecule has 0 aliphatic rings. The number of amides is 1. The van der Waals surface area contributed by atoms with Gasteiger partial charge in [0.15, 0.2) is 0 Å². The normalized spacial score (nSPS) is 11.3. The van der Waals surface area contributed by atoms with E-state index in [2.05, 4.69) is 10.5 Å². The molecule has 0 saturated heterocycles. The molecular weight excluding hydrogens is 493 g/mol. The highest BCUT2D eigenvalue weighted by Gasteiger charge is 2.28. The van der Waals surface area contributed by atoms with E-state index in [1.165, 1.54) is 36.5 Å². The zero-order valence-corrected chi connectivity index (χ0v) is 20.5. The average molecular weight is 518 g/mol. The summed E-state index contributed by atoms with van der Waals surface area (Å²) < 4.78 is 47.7. The number of nitrogens with zero attached hydrogens (tertiary/aromatic N) is 2. The number of ether oxygens (including phenoxy) is 1. The standard InChI is InChI=1S/C28H24FN3O4S/c29-25-16-8-9-17-26(25)32(37(34,35)24-14-5-2-6-15-24)20-28(33)31-30-19-23-13-7-10-18-27(23)36-21-22-11-3-1-4-12-22/h1-19H,20-21H2,(H,31,33)/b30-19-. The van der Waals surface area contributed by atoms with Gasteiger partial charge in [0, 0.05) is 5.56 Å². The molecule has 0 unspecified atom stereocenters. The second kappa shape index (κ2) is 12.0. The number of para-hydroxylation sites is 2. The number of carbonyl (C=O) groups excluding carboxylic acids is 1. The second-order valence-electron chi connectivity index (χ2n) is 7.88. The fourth-order valence-corrected chi connectivity index (χ4v) is 4.92. The molecule has 0 saturated carbocycles. The van der Waals surface area contributed by atoms with Crippen LogP contribution in [0.4, 0.5) is 10.1 Å². The first-order valence-corrected chi connectivity index (χ1v) is 12.8. The highest BCUT2D eigenvalue weighted by Crippen LogP contribution is 2.26. The van der Waals surface area contributed by atoms with Gasteiger partial charge < -0.3 is 4.74 Å². The summed E-state index contributed by atoms with van der Waals surface area (Å²) in [6, 6.07) is 29.7. The van der Waals surface area contributed by atoms with E-state index in [0.29, 0.717) is 17.9 Å². The quantitative estimate of drug-likeness (QED) is 0.243. The van der Waals surface area contributed by atoms with Gasteiger partial charge in [-0.1, -0.05) is 72.8 Å². The smallest absolute Gasteiger partial charge is 0.264 e. The summed E-state index contributed by atoms with van der Waals surface area (Å²) in [5.74, 6) is -0.964. The number of hydrogen-bond acceptors (Lipinski definition) is 5. The molecule has 0 radical (unpaired) electrons. The lowest BCUT2D eigenvalue weighted by Gasteiger charge is -2.24. The molecule has 0 aliphatic carbocycles. The minimum absolute atomic E-state index is 0.0703. The summed E-state index contributed by atoms with van der Waals surface area (Å²) in [5.41, 5.74) is 3.68. The van der Waals surface area contributed by atoms with Gasteiger partial charge in [-0.05, 0) is 42.0 Å². The first kappa shape index (κ1) is 25.6. The Hall–Kier alpha value is -4.50. The number of benzene rings is 4. The predicted molar refractivity (Wildman–Crippen MR) is 140 cm³/mol. The van der Waals surface area contributed by atoms with E-state index >= 15 is 0 Å². The Morgan fingerprint density at radius 1 is 0.865 bits per heavy atom. The lowest BCUT2D eigenvalue weighted by molar-refractivity contribution is -0.119. The number of hydrogen-bond donors (Lipinski definition) is 1. The van der Waals surface area contributed by atoms with Crippen LogP contribution in [0, 0.1) is 5.82 Å². The molecule has 9 heteroatoms. The third-order valence-corrected chi connectivity index (χ3v) is 7.06. The van der Waals surface area contributed by atoms with Crippen molar-refractivity contribution >= 4 is 27.8 Å². The van der Waals surface area contributed by atoms with Crippen molar-refractivity contribution in [3.8, 4) is 5.75 Å². The molecule has 1 amide bonds. The van der Waals surface area contributed by atoms with Crippen LogP contribution in [0.5, 0.6) is 5.75 Å². The minimum Gasteiger partial charge on any atom is -0.488 e. The lowest BCUT2D eigenvalue weighted by atomic mass is 10.2. The van der Waals surface area contributed by atoms with Crippen molar-refractivity contribution < 1.29 is 22.3 Å². The van der Waals surface area contributed by atoms with E-state index in [1.807, 2.05) is 36.4 Å². The van der Waals surface area contributed by atoms with E-state index in [-0.39, 0.29) is 10.6 Å². The molecule has 0 spiro atoms. The van der Waals surface area contributed by atoms with Crippen LogP contribution >= 0.6 is 0 Å². The molecule has 7 nitrogen and oxygen atoms in total. The number of hydrazone groups is 1. The van der Waals surface area contributed by atoms with E-state index in [0.717, 1.165) is 15.9 Å². The van der Waals surface area contributed by atoms with E-state index in [4.69, 9.17) is 4.74 Å². The number of nitrogens with one attached hydrogen (secondary N) is 1. The summed E-state index contributed by atoms with van der Waals surface area (Å²) in [5, 5.41) is 3.96. The molecule has 0 aromatic heterocycles. The number of sulfonamides is 1. The highest BCUT2D eigenvalue weighted by molar-refractivity contribution is 7.92. The van der Waals surface area contributed by atoms with Crippen LogP contribution in [0.2, 0.25) is 0 Å². The molecule has 188 valence electrons. The van der Waals surface area contributed by atoms with Crippen molar-refractivity contribution in [1.29, 1.82) is 0 Å². The van der Waals surface area contributed by atoms with E-state index in [1.54, 1.807) is 36.4 Å². The molecule has 4 rings (SSSR count). The number of rotatable bonds is 10. The Balaban J connectivity index is 1.49. The zero-order valence-electron chi connectivity index (χ0n) is 19.7. The van der Waals surface area contributed by atoms with Crippen LogP contribution in [-0.4, -0.2) is 27.1 Å². The zero-order chi connectivity index (χ0) is 26.1. The third kappa shape index (κ3) is 6.59. The van der Waals surface area contributed by atoms with Gasteiger partial charge in [0.1, 0.15) is 24.7 Å². The van der Waals surface area contributed by atoms with Crippen LogP contribution in [0.1, 0.15) is 11.1 Å². The summed E-state index contributed by atoms with van der Waals surface area (Å²) in [4.78, 5) is 12.6. The van der Waals surface area contributed by atoms with Crippen molar-refractivity contribution in [1.82, 2.24) is 5.43 Å². The predicted octanol–water partition coefficient (Wildman–Crippen LogP) is 4.75. The van der Waals surface area contributed by atoms with Crippen LogP contribution in [0.15, 0.2) is 119 Å². The topological polar surface area (TPSA) is 88.1 Å². The van der Waals surface area contributed by atoms with Gasteiger partial charge in [-0.25, -0.2) is 18.2 Å². The van der Waals surface area contributed by atoms with Gasteiger partial charge in [0.25, 0.3) is 15.9 Å². The van der Waals surface area contributed by atoms with Gasteiger partial charge in [0.05, 0.1) is 16.8 Å². The first-order valence-electron chi connectivity index (χ1n) is 11.3. The number of anilines is 1. The van der Waals surface area contributed by atoms with E-state index in [9.17, 15) is 17.6 Å². The van der Waals surface area contributed by atoms with Crippen molar-refractivity contribution in [3.63, 3.8) is 0 Å². The maximum atomic E-state index is 14.6. The van der Waals surface area contributed by atoms with Crippen molar-refractivity contribution in [2.45, 2.75) is 11.5 Å². The van der Waals surface area contributed by atoms with Crippen molar-refractivity contribution in [2.24, 2.45) is 5.10 Å². The third-order valence-electron chi connectivity index (χ3n) is 5.29. The Bertz CT molecular complexity index is 1480. The lowest BCUT2D eigenvalue weighted by Crippen LogP contribution is -2.40. The molecule has 4 aromatic carbocycles. The Labute approximate surface area is 214 Å². The number of carbonyl (C=O) groups is 1. The molecule has 0 atom stereocenters. The number of halogens is 1. The summed E-state index contributed by atoms with van der Waals surface area (Å²) >= 11 is 0. The average Bonchev–Trinajstić information content (AvgIpc) is 2.93. The Morgan fingerprint density at radius 3 is 2.22 bits per heavy atom. The SMILES string of the molecule is O=C(CN(c1ccccc1F)S(=O)(=O)c1ccccc1)N/N=C\c1ccccc1OCc1ccccc1. The molecule has 0 bridgehead atoms. The molecule has 1 N–H and O–H groups in total. The Morgan fingerprint density at radius 2 is 1.49 bits per heavy atom. The van der Waals surface area contributed by atoms with Gasteiger partial charge in [0.2, 0.25) is 0 Å². The van der Waals surface area contributed by atoms with Crippen LogP contribution in [-0.2, 0) is 21.4 Å². The van der Waals surface area contributed by atoms with E-state index < -0.39 is 28.3 Å². The summed E-state index contributed by atoms with van der Waals surface area (Å²) in [6.07, 6.45) is 1.40. The minimum atomic E-state index is -4.23. The van der Waals surface area contributed by atoms with Gasteiger partial charge in [-0.3, -0.25) is 9.10 Å². The largest absolute Gasteiger partial charge is 0.488 e. The monoisotopic (exact) mass is 517 g/mol. The van der Waals surface area contributed by atoms with Gasteiger partial charge >= 0.3 is 0 Å².